The molecule has 0 aliphatic heterocycles. The minimum atomic E-state index is -0.337. The summed E-state index contributed by atoms with van der Waals surface area (Å²) in [6, 6.07) is 0. The second kappa shape index (κ2) is 8.06. The lowest BCUT2D eigenvalue weighted by Crippen LogP contribution is -2.36. The van der Waals surface area contributed by atoms with Gasteiger partial charge in [-0.2, -0.15) is 0 Å². The Labute approximate surface area is 96.5 Å². The van der Waals surface area contributed by atoms with E-state index in [2.05, 4.69) is 5.43 Å². The van der Waals surface area contributed by atoms with E-state index in [1.807, 2.05) is 19.0 Å². The Bertz CT molecular complexity index is 229. The highest BCUT2D eigenvalue weighted by Crippen LogP contribution is 1.93. The van der Waals surface area contributed by atoms with E-state index in [9.17, 15) is 9.59 Å². The average molecular weight is 231 g/mol. The van der Waals surface area contributed by atoms with Gasteiger partial charge in [-0.25, -0.2) is 5.01 Å². The highest BCUT2D eigenvalue weighted by atomic mass is 16.5. The summed E-state index contributed by atoms with van der Waals surface area (Å²) >= 11 is 0. The van der Waals surface area contributed by atoms with Crippen molar-refractivity contribution in [1.29, 1.82) is 0 Å². The zero-order valence-corrected chi connectivity index (χ0v) is 10.4. The molecular weight excluding hydrogens is 210 g/mol. The molecule has 0 unspecified atom stereocenters. The summed E-state index contributed by atoms with van der Waals surface area (Å²) in [4.78, 5) is 24.3. The number of nitrogens with zero attached hydrogens (tertiary/aromatic N) is 2. The molecule has 0 aliphatic rings. The molecule has 0 saturated carbocycles. The van der Waals surface area contributed by atoms with Gasteiger partial charge in [0.25, 0.3) is 0 Å². The van der Waals surface area contributed by atoms with Gasteiger partial charge in [0.05, 0.1) is 6.42 Å². The molecule has 1 amide bonds. The molecule has 0 heterocycles. The van der Waals surface area contributed by atoms with Crippen molar-refractivity contribution in [3.63, 3.8) is 0 Å². The zero-order valence-electron chi connectivity index (χ0n) is 10.4. The summed E-state index contributed by atoms with van der Waals surface area (Å²) in [6.45, 7) is 1.05. The number of rotatable bonds is 7. The van der Waals surface area contributed by atoms with Crippen LogP contribution in [0.2, 0.25) is 0 Å². The van der Waals surface area contributed by atoms with Gasteiger partial charge >= 0.3 is 5.97 Å². The lowest BCUT2D eigenvalue weighted by atomic mass is 10.3. The molecule has 0 aromatic carbocycles. The summed E-state index contributed by atoms with van der Waals surface area (Å²) in [5.74, 6) is -0.523. The van der Waals surface area contributed by atoms with Crippen molar-refractivity contribution in [2.45, 2.75) is 12.8 Å². The third-order valence-corrected chi connectivity index (χ3v) is 1.71. The van der Waals surface area contributed by atoms with Crippen LogP contribution in [0, 0.1) is 0 Å². The van der Waals surface area contributed by atoms with E-state index in [4.69, 9.17) is 4.74 Å². The summed E-state index contributed by atoms with van der Waals surface area (Å²) in [6.07, 6.45) is 0.270. The second-order valence-electron chi connectivity index (χ2n) is 3.95. The van der Waals surface area contributed by atoms with Gasteiger partial charge in [-0.1, -0.05) is 0 Å². The van der Waals surface area contributed by atoms with Crippen molar-refractivity contribution < 1.29 is 14.3 Å². The fraction of sp³-hybridized carbons (Fsp3) is 0.800. The van der Waals surface area contributed by atoms with Crippen LogP contribution in [0.5, 0.6) is 0 Å². The average Bonchev–Trinajstić information content (AvgIpc) is 2.13. The molecule has 6 nitrogen and oxygen atoms in total. The number of hydrogen-bond acceptors (Lipinski definition) is 5. The maximum absolute atomic E-state index is 11.2. The first-order chi connectivity index (χ1) is 7.41. The van der Waals surface area contributed by atoms with Crippen LogP contribution in [0.3, 0.4) is 0 Å². The van der Waals surface area contributed by atoms with Crippen LogP contribution in [-0.2, 0) is 14.3 Å². The number of nitrogens with one attached hydrogen (secondary N) is 1. The third kappa shape index (κ3) is 9.42. The normalized spacial score (nSPS) is 10.6. The van der Waals surface area contributed by atoms with E-state index in [-0.39, 0.29) is 24.7 Å². The fourth-order valence-corrected chi connectivity index (χ4v) is 0.935. The van der Waals surface area contributed by atoms with E-state index in [1.165, 1.54) is 0 Å². The van der Waals surface area contributed by atoms with Crippen LogP contribution < -0.4 is 5.43 Å². The molecule has 0 radical (unpaired) electrons. The zero-order chi connectivity index (χ0) is 12.6. The van der Waals surface area contributed by atoms with Crippen LogP contribution in [0.1, 0.15) is 12.8 Å². The van der Waals surface area contributed by atoms with Crippen molar-refractivity contribution in [3.05, 3.63) is 0 Å². The Balaban J connectivity index is 3.53. The quantitative estimate of drug-likeness (QED) is 0.471. The molecule has 0 saturated heterocycles. The van der Waals surface area contributed by atoms with E-state index < -0.39 is 0 Å². The Morgan fingerprint density at radius 2 is 1.75 bits per heavy atom. The second-order valence-corrected chi connectivity index (χ2v) is 3.95. The van der Waals surface area contributed by atoms with Gasteiger partial charge in [0.2, 0.25) is 5.91 Å². The summed E-state index contributed by atoms with van der Waals surface area (Å²) in [5, 5.41) is 1.54. The Morgan fingerprint density at radius 1 is 1.12 bits per heavy atom. The number of hydrogen-bond donors (Lipinski definition) is 1. The van der Waals surface area contributed by atoms with Gasteiger partial charge in [0, 0.05) is 27.1 Å². The number of esters is 1. The molecular formula is C10H21N3O3. The monoisotopic (exact) mass is 231 g/mol. The third-order valence-electron chi connectivity index (χ3n) is 1.71. The number of carbonyl (C=O) groups is 2. The lowest BCUT2D eigenvalue weighted by molar-refractivity contribution is -0.145. The molecule has 1 N–H and O–H groups in total. The number of carbonyl (C=O) groups excluding carboxylic acids is 2. The van der Waals surface area contributed by atoms with E-state index in [0.717, 1.165) is 0 Å². The van der Waals surface area contributed by atoms with Gasteiger partial charge in [-0.3, -0.25) is 15.0 Å². The molecule has 0 aliphatic carbocycles. The summed E-state index contributed by atoms with van der Waals surface area (Å²) in [7, 11) is 7.23. The Kier molecular flexibility index (Phi) is 7.49. The lowest BCUT2D eigenvalue weighted by Gasteiger charge is -2.12. The number of likely N-dealkylation sites (N-methyl/N-ethyl adjacent to an activating group) is 1. The number of ether oxygens (including phenoxy) is 1. The van der Waals surface area contributed by atoms with Crippen LogP contribution >= 0.6 is 0 Å². The van der Waals surface area contributed by atoms with Crippen molar-refractivity contribution in [2.24, 2.45) is 0 Å². The highest BCUT2D eigenvalue weighted by Gasteiger charge is 2.08. The topological polar surface area (TPSA) is 61.9 Å². The molecule has 0 rings (SSSR count). The minimum Gasteiger partial charge on any atom is -0.464 e. The molecule has 0 fully saturated rings. The van der Waals surface area contributed by atoms with Gasteiger partial charge in [-0.05, 0) is 14.1 Å². The molecule has 0 spiro atoms. The van der Waals surface area contributed by atoms with Crippen LogP contribution in [0.4, 0.5) is 0 Å². The van der Waals surface area contributed by atoms with Crippen molar-refractivity contribution in [2.75, 3.05) is 41.3 Å². The standard InChI is InChI=1S/C10H21N3O3/c1-12(2)7-8-16-10(15)6-5-9(14)11-13(3)4/h5-8H2,1-4H3,(H,11,14). The van der Waals surface area contributed by atoms with Gasteiger partial charge in [0.1, 0.15) is 6.61 Å². The largest absolute Gasteiger partial charge is 0.464 e. The highest BCUT2D eigenvalue weighted by molar-refractivity contribution is 5.80. The van der Waals surface area contributed by atoms with E-state index in [1.54, 1.807) is 19.1 Å². The van der Waals surface area contributed by atoms with Gasteiger partial charge in [-0.15, -0.1) is 0 Å². The predicted octanol–water partition coefficient (Wildman–Crippen LogP) is -0.536. The van der Waals surface area contributed by atoms with Crippen molar-refractivity contribution in [1.82, 2.24) is 15.3 Å². The maximum Gasteiger partial charge on any atom is 0.306 e. The van der Waals surface area contributed by atoms with Crippen LogP contribution in [-0.4, -0.2) is 63.1 Å². The molecule has 6 heteroatoms. The maximum atomic E-state index is 11.2. The molecule has 0 atom stereocenters. The number of hydrazine groups is 1. The van der Waals surface area contributed by atoms with E-state index >= 15 is 0 Å². The molecule has 0 bridgehead atoms. The molecule has 16 heavy (non-hydrogen) atoms. The first-order valence-corrected chi connectivity index (χ1v) is 5.19. The van der Waals surface area contributed by atoms with E-state index in [0.29, 0.717) is 13.2 Å². The SMILES string of the molecule is CN(C)CCOC(=O)CCC(=O)NN(C)C. The molecule has 0 aromatic heterocycles. The fourth-order valence-electron chi connectivity index (χ4n) is 0.935. The van der Waals surface area contributed by atoms with Crippen molar-refractivity contribution in [3.8, 4) is 0 Å². The Morgan fingerprint density at radius 3 is 2.25 bits per heavy atom. The summed E-state index contributed by atoms with van der Waals surface area (Å²) in [5.41, 5.74) is 2.55. The first kappa shape index (κ1) is 14.9. The van der Waals surface area contributed by atoms with Gasteiger partial charge < -0.3 is 9.64 Å². The number of amides is 1. The minimum absolute atomic E-state index is 0.118. The predicted molar refractivity (Wildman–Crippen MR) is 60.6 cm³/mol. The van der Waals surface area contributed by atoms with Crippen LogP contribution in [0.25, 0.3) is 0 Å². The van der Waals surface area contributed by atoms with Crippen molar-refractivity contribution >= 4 is 11.9 Å². The smallest absolute Gasteiger partial charge is 0.306 e. The van der Waals surface area contributed by atoms with Crippen LogP contribution in [0.15, 0.2) is 0 Å². The van der Waals surface area contributed by atoms with Gasteiger partial charge in [0.15, 0.2) is 0 Å². The molecule has 94 valence electrons. The Hall–Kier alpha value is -1.14. The summed E-state index contributed by atoms with van der Waals surface area (Å²) < 4.78 is 4.93. The first-order valence-electron chi connectivity index (χ1n) is 5.19. The molecule has 0 aromatic rings.